The lowest BCUT2D eigenvalue weighted by Gasteiger charge is -2.54. The van der Waals surface area contributed by atoms with Gasteiger partial charge in [-0.1, -0.05) is 6.92 Å². The van der Waals surface area contributed by atoms with Gasteiger partial charge in [0.15, 0.2) is 0 Å². The van der Waals surface area contributed by atoms with E-state index in [1.54, 1.807) is 0 Å². The van der Waals surface area contributed by atoms with Crippen LogP contribution in [0.4, 0.5) is 0 Å². The zero-order valence-electron chi connectivity index (χ0n) is 7.01. The second kappa shape index (κ2) is 2.22. The van der Waals surface area contributed by atoms with E-state index in [1.807, 2.05) is 0 Å². The van der Waals surface area contributed by atoms with E-state index in [0.29, 0.717) is 0 Å². The summed E-state index contributed by atoms with van der Waals surface area (Å²) in [6.45, 7) is 4.34. The van der Waals surface area contributed by atoms with Gasteiger partial charge in [-0.25, -0.2) is 0 Å². The summed E-state index contributed by atoms with van der Waals surface area (Å²) in [6.07, 6.45) is 3.59. The molecule has 2 aliphatic heterocycles. The molecule has 3 fully saturated rings. The summed E-state index contributed by atoms with van der Waals surface area (Å²) in [5.74, 6) is 0.873. The van der Waals surface area contributed by atoms with Crippen molar-refractivity contribution in [1.29, 1.82) is 5.26 Å². The fourth-order valence-corrected chi connectivity index (χ4v) is 2.53. The minimum atomic E-state index is -0.0301. The van der Waals surface area contributed by atoms with Gasteiger partial charge in [-0.3, -0.25) is 4.90 Å². The minimum Gasteiger partial charge on any atom is -0.286 e. The van der Waals surface area contributed by atoms with Crippen LogP contribution in [0.1, 0.15) is 26.2 Å². The normalized spacial score (nSPS) is 42.7. The van der Waals surface area contributed by atoms with Crippen molar-refractivity contribution in [3.05, 3.63) is 0 Å². The van der Waals surface area contributed by atoms with Crippen molar-refractivity contribution in [3.8, 4) is 6.07 Å². The third-order valence-electron chi connectivity index (χ3n) is 3.26. The van der Waals surface area contributed by atoms with Gasteiger partial charge in [0.2, 0.25) is 0 Å². The van der Waals surface area contributed by atoms with Crippen LogP contribution in [0.3, 0.4) is 0 Å². The highest BCUT2D eigenvalue weighted by molar-refractivity contribution is 5.18. The molecule has 0 radical (unpaired) electrons. The Hall–Kier alpha value is -0.550. The van der Waals surface area contributed by atoms with Crippen LogP contribution in [0.5, 0.6) is 0 Å². The molecule has 1 saturated carbocycles. The van der Waals surface area contributed by atoms with Gasteiger partial charge in [-0.2, -0.15) is 5.26 Å². The first-order chi connectivity index (χ1) is 5.30. The molecule has 0 amide bonds. The van der Waals surface area contributed by atoms with Gasteiger partial charge in [0.05, 0.1) is 6.07 Å². The van der Waals surface area contributed by atoms with Gasteiger partial charge in [0.1, 0.15) is 5.54 Å². The highest BCUT2D eigenvalue weighted by atomic mass is 15.2. The Morgan fingerprint density at radius 1 is 1.64 bits per heavy atom. The lowest BCUT2D eigenvalue weighted by molar-refractivity contribution is -0.0340. The van der Waals surface area contributed by atoms with Crippen LogP contribution in [0.25, 0.3) is 0 Å². The molecule has 3 rings (SSSR count). The summed E-state index contributed by atoms with van der Waals surface area (Å²) in [5, 5.41) is 9.00. The van der Waals surface area contributed by atoms with Crippen LogP contribution in [-0.4, -0.2) is 23.5 Å². The fourth-order valence-electron chi connectivity index (χ4n) is 2.53. The summed E-state index contributed by atoms with van der Waals surface area (Å²) in [5.41, 5.74) is -0.0301. The lowest BCUT2D eigenvalue weighted by Crippen LogP contribution is -2.61. The first kappa shape index (κ1) is 7.12. The van der Waals surface area contributed by atoms with Crippen molar-refractivity contribution in [2.24, 2.45) is 5.92 Å². The Kier molecular flexibility index (Phi) is 1.43. The van der Waals surface area contributed by atoms with Crippen molar-refractivity contribution in [2.75, 3.05) is 13.1 Å². The molecule has 60 valence electrons. The van der Waals surface area contributed by atoms with Crippen molar-refractivity contribution in [2.45, 2.75) is 31.7 Å². The predicted octanol–water partition coefficient (Wildman–Crippen LogP) is 1.38. The van der Waals surface area contributed by atoms with Crippen LogP contribution >= 0.6 is 0 Å². The predicted molar refractivity (Wildman–Crippen MR) is 42.9 cm³/mol. The maximum absolute atomic E-state index is 9.00. The molecular formula is C9H14N2. The number of rotatable bonds is 1. The molecule has 2 bridgehead atoms. The standard InChI is InChI=1S/C9H14N2/c1-2-11-4-3-8-5-9(11,6-8)7-10/h8H,2-6H2,1H3. The van der Waals surface area contributed by atoms with Gasteiger partial charge in [0.25, 0.3) is 0 Å². The van der Waals surface area contributed by atoms with E-state index in [0.717, 1.165) is 31.8 Å². The average Bonchev–Trinajstić information content (AvgIpc) is 2.02. The van der Waals surface area contributed by atoms with Crippen LogP contribution in [-0.2, 0) is 0 Å². The summed E-state index contributed by atoms with van der Waals surface area (Å²) >= 11 is 0. The van der Waals surface area contributed by atoms with Crippen LogP contribution < -0.4 is 0 Å². The molecule has 3 aliphatic rings. The van der Waals surface area contributed by atoms with Gasteiger partial charge >= 0.3 is 0 Å². The topological polar surface area (TPSA) is 27.0 Å². The summed E-state index contributed by atoms with van der Waals surface area (Å²) < 4.78 is 0. The Labute approximate surface area is 67.8 Å². The maximum Gasteiger partial charge on any atom is 0.109 e. The summed E-state index contributed by atoms with van der Waals surface area (Å²) in [6, 6.07) is 2.47. The van der Waals surface area contributed by atoms with E-state index < -0.39 is 0 Å². The monoisotopic (exact) mass is 150 g/mol. The number of piperidine rings is 2. The third-order valence-corrected chi connectivity index (χ3v) is 3.26. The zero-order valence-corrected chi connectivity index (χ0v) is 7.01. The molecule has 0 aromatic rings. The molecule has 2 heteroatoms. The van der Waals surface area contributed by atoms with E-state index in [2.05, 4.69) is 17.9 Å². The molecule has 2 saturated heterocycles. The molecule has 2 nitrogen and oxygen atoms in total. The van der Waals surface area contributed by atoms with Gasteiger partial charge in [-0.05, 0) is 38.3 Å². The molecule has 11 heavy (non-hydrogen) atoms. The first-order valence-electron chi connectivity index (χ1n) is 4.47. The van der Waals surface area contributed by atoms with E-state index in [1.165, 1.54) is 6.42 Å². The fraction of sp³-hybridized carbons (Fsp3) is 0.889. The van der Waals surface area contributed by atoms with Crippen LogP contribution in [0.2, 0.25) is 0 Å². The molecule has 0 N–H and O–H groups in total. The number of hydrogen-bond acceptors (Lipinski definition) is 2. The lowest BCUT2D eigenvalue weighted by atomic mass is 9.63. The third kappa shape index (κ3) is 0.810. The molecule has 0 spiro atoms. The summed E-state index contributed by atoms with van der Waals surface area (Å²) in [4.78, 5) is 2.34. The quantitative estimate of drug-likeness (QED) is 0.564. The van der Waals surface area contributed by atoms with E-state index >= 15 is 0 Å². The highest BCUT2D eigenvalue weighted by Gasteiger charge is 2.51. The van der Waals surface area contributed by atoms with E-state index in [-0.39, 0.29) is 5.54 Å². The number of fused-ring (bicyclic) bond motifs is 2. The number of nitrogens with zero attached hydrogens (tertiary/aromatic N) is 2. The zero-order chi connectivity index (χ0) is 7.90. The Bertz CT molecular complexity index is 198. The SMILES string of the molecule is CCN1CCC2CC1(C#N)C2. The van der Waals surface area contributed by atoms with Crippen molar-refractivity contribution < 1.29 is 0 Å². The Morgan fingerprint density at radius 3 is 2.82 bits per heavy atom. The maximum atomic E-state index is 9.00. The molecule has 0 atom stereocenters. The Morgan fingerprint density at radius 2 is 2.36 bits per heavy atom. The highest BCUT2D eigenvalue weighted by Crippen LogP contribution is 2.47. The molecule has 1 aliphatic carbocycles. The van der Waals surface area contributed by atoms with Crippen molar-refractivity contribution in [3.63, 3.8) is 0 Å². The number of nitriles is 1. The first-order valence-corrected chi connectivity index (χ1v) is 4.47. The van der Waals surface area contributed by atoms with Gasteiger partial charge in [0, 0.05) is 0 Å². The second-order valence-electron chi connectivity index (χ2n) is 3.79. The molecule has 0 aromatic carbocycles. The van der Waals surface area contributed by atoms with E-state index in [9.17, 15) is 0 Å². The van der Waals surface area contributed by atoms with Gasteiger partial charge < -0.3 is 0 Å². The van der Waals surface area contributed by atoms with E-state index in [4.69, 9.17) is 5.26 Å². The molecular weight excluding hydrogens is 136 g/mol. The number of hydrogen-bond donors (Lipinski definition) is 0. The molecule has 0 aromatic heterocycles. The Balaban J connectivity index is 2.15. The largest absolute Gasteiger partial charge is 0.286 e. The van der Waals surface area contributed by atoms with Gasteiger partial charge in [-0.15, -0.1) is 0 Å². The second-order valence-corrected chi connectivity index (χ2v) is 3.79. The molecule has 2 heterocycles. The summed E-state index contributed by atoms with van der Waals surface area (Å²) in [7, 11) is 0. The van der Waals surface area contributed by atoms with Crippen LogP contribution in [0, 0.1) is 17.2 Å². The van der Waals surface area contributed by atoms with Crippen molar-refractivity contribution in [1.82, 2.24) is 4.90 Å². The van der Waals surface area contributed by atoms with Crippen LogP contribution in [0.15, 0.2) is 0 Å². The molecule has 0 unspecified atom stereocenters. The smallest absolute Gasteiger partial charge is 0.109 e. The minimum absolute atomic E-state index is 0.0301. The van der Waals surface area contributed by atoms with Crippen molar-refractivity contribution >= 4 is 0 Å². The average molecular weight is 150 g/mol.